The zero-order valence-electron chi connectivity index (χ0n) is 12.3. The average molecular weight is 264 g/mol. The van der Waals surface area contributed by atoms with Crippen LogP contribution in [-0.4, -0.2) is 30.3 Å². The maximum absolute atomic E-state index is 5.94. The zero-order valence-corrected chi connectivity index (χ0v) is 12.3. The summed E-state index contributed by atoms with van der Waals surface area (Å²) in [5.74, 6) is 0.814. The minimum absolute atomic E-state index is 0.137. The number of pyridine rings is 1. The largest absolute Gasteiger partial charge is 0.489 e. The van der Waals surface area contributed by atoms with E-state index in [1.807, 2.05) is 27.1 Å². The molecule has 0 amide bonds. The third kappa shape index (κ3) is 3.25. The first-order valence-corrected chi connectivity index (χ1v) is 6.98. The van der Waals surface area contributed by atoms with E-state index in [1.165, 1.54) is 0 Å². The molecule has 2 atom stereocenters. The average Bonchev–Trinajstić information content (AvgIpc) is 2.77. The Kier molecular flexibility index (Phi) is 4.42. The summed E-state index contributed by atoms with van der Waals surface area (Å²) in [4.78, 5) is 4.29. The van der Waals surface area contributed by atoms with E-state index >= 15 is 0 Å². The first-order chi connectivity index (χ1) is 9.05. The molecule has 1 aromatic rings. The van der Waals surface area contributed by atoms with Gasteiger partial charge in [-0.1, -0.05) is 0 Å². The molecule has 0 spiro atoms. The maximum atomic E-state index is 5.94. The number of aromatic nitrogens is 1. The van der Waals surface area contributed by atoms with Gasteiger partial charge in [-0.3, -0.25) is 4.98 Å². The van der Waals surface area contributed by atoms with Crippen molar-refractivity contribution in [1.82, 2.24) is 10.3 Å². The Balaban J connectivity index is 2.23. The molecule has 4 heteroatoms. The number of hydrogen-bond acceptors (Lipinski definition) is 4. The molecule has 19 heavy (non-hydrogen) atoms. The van der Waals surface area contributed by atoms with Gasteiger partial charge in [0, 0.05) is 12.8 Å². The quantitative estimate of drug-likeness (QED) is 0.888. The lowest BCUT2D eigenvalue weighted by Gasteiger charge is -2.33. The van der Waals surface area contributed by atoms with Crippen LogP contribution in [0.4, 0.5) is 0 Å². The van der Waals surface area contributed by atoms with Gasteiger partial charge in [0.05, 0.1) is 23.9 Å². The molecule has 0 aliphatic carbocycles. The summed E-state index contributed by atoms with van der Waals surface area (Å²) >= 11 is 0. The molecule has 2 rings (SSSR count). The fourth-order valence-corrected chi connectivity index (χ4v) is 2.78. The predicted molar refractivity (Wildman–Crippen MR) is 75.4 cm³/mol. The summed E-state index contributed by atoms with van der Waals surface area (Å²) < 4.78 is 11.7. The van der Waals surface area contributed by atoms with Crippen LogP contribution in [-0.2, 0) is 4.74 Å². The second kappa shape index (κ2) is 5.88. The Hall–Kier alpha value is -1.13. The van der Waals surface area contributed by atoms with Gasteiger partial charge in [-0.05, 0) is 52.3 Å². The molecule has 1 aliphatic heterocycles. The van der Waals surface area contributed by atoms with E-state index in [1.54, 1.807) is 6.20 Å². The highest BCUT2D eigenvalue weighted by atomic mass is 16.5. The van der Waals surface area contributed by atoms with Crippen LogP contribution in [0.1, 0.15) is 45.2 Å². The van der Waals surface area contributed by atoms with E-state index in [0.717, 1.165) is 30.8 Å². The SMILES string of the molecule is CNC(c1cncc(OC(C)C)c1)C1(C)CCCO1. The molecule has 1 aliphatic rings. The summed E-state index contributed by atoms with van der Waals surface area (Å²) in [7, 11) is 1.97. The molecule has 1 fully saturated rings. The van der Waals surface area contributed by atoms with Crippen molar-refractivity contribution in [3.63, 3.8) is 0 Å². The van der Waals surface area contributed by atoms with Crippen LogP contribution < -0.4 is 10.1 Å². The standard InChI is InChI=1S/C15H24N2O2/c1-11(2)19-13-8-12(9-17-10-13)14(16-4)15(3)6-5-7-18-15/h8-11,14,16H,5-7H2,1-4H3. The van der Waals surface area contributed by atoms with Crippen molar-refractivity contribution in [3.8, 4) is 5.75 Å². The van der Waals surface area contributed by atoms with Crippen molar-refractivity contribution < 1.29 is 9.47 Å². The zero-order chi connectivity index (χ0) is 13.9. The van der Waals surface area contributed by atoms with Crippen molar-refractivity contribution in [2.24, 2.45) is 0 Å². The Morgan fingerprint density at radius 3 is 2.79 bits per heavy atom. The third-order valence-corrected chi connectivity index (χ3v) is 3.59. The molecular formula is C15H24N2O2. The monoisotopic (exact) mass is 264 g/mol. The van der Waals surface area contributed by atoms with Gasteiger partial charge < -0.3 is 14.8 Å². The number of likely N-dealkylation sites (N-methyl/N-ethyl adjacent to an activating group) is 1. The van der Waals surface area contributed by atoms with Crippen LogP contribution in [0, 0.1) is 0 Å². The van der Waals surface area contributed by atoms with Gasteiger partial charge in [-0.15, -0.1) is 0 Å². The molecule has 2 heterocycles. The number of rotatable bonds is 5. The molecule has 0 radical (unpaired) electrons. The highest BCUT2D eigenvalue weighted by molar-refractivity contribution is 5.28. The Labute approximate surface area is 115 Å². The smallest absolute Gasteiger partial charge is 0.138 e. The fraction of sp³-hybridized carbons (Fsp3) is 0.667. The van der Waals surface area contributed by atoms with Crippen LogP contribution in [0.15, 0.2) is 18.5 Å². The van der Waals surface area contributed by atoms with Gasteiger partial charge in [0.25, 0.3) is 0 Å². The first-order valence-electron chi connectivity index (χ1n) is 6.98. The number of nitrogens with zero attached hydrogens (tertiary/aromatic N) is 1. The summed E-state index contributed by atoms with van der Waals surface area (Å²) in [6.45, 7) is 7.04. The van der Waals surface area contributed by atoms with E-state index in [2.05, 4.69) is 23.3 Å². The number of nitrogens with one attached hydrogen (secondary N) is 1. The van der Waals surface area contributed by atoms with Gasteiger partial charge in [0.2, 0.25) is 0 Å². The molecule has 0 bridgehead atoms. The Morgan fingerprint density at radius 1 is 1.42 bits per heavy atom. The van der Waals surface area contributed by atoms with Crippen molar-refractivity contribution in [3.05, 3.63) is 24.0 Å². The molecule has 1 saturated heterocycles. The predicted octanol–water partition coefficient (Wildman–Crippen LogP) is 2.70. The molecule has 106 valence electrons. The van der Waals surface area contributed by atoms with Gasteiger partial charge in [-0.2, -0.15) is 0 Å². The lowest BCUT2D eigenvalue weighted by molar-refractivity contribution is -0.0106. The van der Waals surface area contributed by atoms with Crippen LogP contribution in [0.5, 0.6) is 5.75 Å². The van der Waals surface area contributed by atoms with E-state index in [4.69, 9.17) is 9.47 Å². The lowest BCUT2D eigenvalue weighted by Crippen LogP contribution is -2.39. The van der Waals surface area contributed by atoms with Crippen molar-refractivity contribution in [2.75, 3.05) is 13.7 Å². The summed E-state index contributed by atoms with van der Waals surface area (Å²) in [5, 5.41) is 3.36. The molecule has 0 saturated carbocycles. The Morgan fingerprint density at radius 2 is 2.21 bits per heavy atom. The lowest BCUT2D eigenvalue weighted by atomic mass is 9.88. The van der Waals surface area contributed by atoms with Crippen molar-refractivity contribution in [2.45, 2.75) is 51.4 Å². The van der Waals surface area contributed by atoms with Crippen LogP contribution in [0.2, 0.25) is 0 Å². The minimum Gasteiger partial charge on any atom is -0.489 e. The highest BCUT2D eigenvalue weighted by Crippen LogP contribution is 2.37. The van der Waals surface area contributed by atoms with E-state index in [9.17, 15) is 0 Å². The molecule has 2 unspecified atom stereocenters. The van der Waals surface area contributed by atoms with Gasteiger partial charge in [0.15, 0.2) is 0 Å². The second-order valence-corrected chi connectivity index (χ2v) is 5.61. The van der Waals surface area contributed by atoms with Crippen molar-refractivity contribution in [1.29, 1.82) is 0 Å². The molecule has 1 N–H and O–H groups in total. The second-order valence-electron chi connectivity index (χ2n) is 5.61. The molecule has 0 aromatic carbocycles. The van der Waals surface area contributed by atoms with E-state index in [0.29, 0.717) is 0 Å². The first kappa shape index (κ1) is 14.3. The summed E-state index contributed by atoms with van der Waals surface area (Å²) in [5.41, 5.74) is 0.956. The highest BCUT2D eigenvalue weighted by Gasteiger charge is 2.38. The number of ether oxygens (including phenoxy) is 2. The van der Waals surface area contributed by atoms with Gasteiger partial charge in [0.1, 0.15) is 5.75 Å². The van der Waals surface area contributed by atoms with E-state index < -0.39 is 0 Å². The molecule has 1 aromatic heterocycles. The maximum Gasteiger partial charge on any atom is 0.138 e. The summed E-state index contributed by atoms with van der Waals surface area (Å²) in [6.07, 6.45) is 5.98. The normalized spacial score (nSPS) is 24.7. The Bertz CT molecular complexity index is 414. The van der Waals surface area contributed by atoms with Gasteiger partial charge >= 0.3 is 0 Å². The topological polar surface area (TPSA) is 43.4 Å². The van der Waals surface area contributed by atoms with Crippen LogP contribution in [0.3, 0.4) is 0 Å². The summed E-state index contributed by atoms with van der Waals surface area (Å²) in [6, 6.07) is 2.19. The van der Waals surface area contributed by atoms with Crippen molar-refractivity contribution >= 4 is 0 Å². The fourth-order valence-electron chi connectivity index (χ4n) is 2.78. The molecular weight excluding hydrogens is 240 g/mol. The van der Waals surface area contributed by atoms with Crippen LogP contribution in [0.25, 0.3) is 0 Å². The van der Waals surface area contributed by atoms with Crippen LogP contribution >= 0.6 is 0 Å². The molecule has 4 nitrogen and oxygen atoms in total. The minimum atomic E-state index is -0.160. The third-order valence-electron chi connectivity index (χ3n) is 3.59. The van der Waals surface area contributed by atoms with E-state index in [-0.39, 0.29) is 17.7 Å². The number of hydrogen-bond donors (Lipinski definition) is 1. The van der Waals surface area contributed by atoms with Gasteiger partial charge in [-0.25, -0.2) is 0 Å².